The number of nitrogens with zero attached hydrogens (tertiary/aromatic N) is 2. The van der Waals surface area contributed by atoms with E-state index >= 15 is 0 Å². The lowest BCUT2D eigenvalue weighted by atomic mass is 10.0. The number of unbranched alkanes of at least 4 members (excludes halogenated alkanes) is 17. The first-order valence-electron chi connectivity index (χ1n) is 14.0. The molecule has 178 valence electrons. The highest BCUT2D eigenvalue weighted by atomic mass is 15.4. The molecule has 0 fully saturated rings. The van der Waals surface area contributed by atoms with E-state index in [1.807, 2.05) is 0 Å². The highest BCUT2D eigenvalue weighted by Crippen LogP contribution is 2.22. The van der Waals surface area contributed by atoms with Gasteiger partial charge in [-0.3, -0.25) is 0 Å². The van der Waals surface area contributed by atoms with Crippen LogP contribution in [0, 0.1) is 0 Å². The molecule has 2 heteroatoms. The molecule has 0 bridgehead atoms. The van der Waals surface area contributed by atoms with Crippen LogP contribution in [0.15, 0.2) is 12.4 Å². The second kappa shape index (κ2) is 20.3. The Morgan fingerprint density at radius 3 is 1.33 bits per heavy atom. The van der Waals surface area contributed by atoms with E-state index < -0.39 is 0 Å². The Morgan fingerprint density at radius 1 is 0.467 bits per heavy atom. The molecule has 1 unspecified atom stereocenters. The zero-order chi connectivity index (χ0) is 21.7. The fourth-order valence-corrected chi connectivity index (χ4v) is 4.85. The average molecular weight is 421 g/mol. The van der Waals surface area contributed by atoms with E-state index in [9.17, 15) is 0 Å². The molecule has 0 aromatic rings. The molecule has 0 aromatic carbocycles. The van der Waals surface area contributed by atoms with Crippen LogP contribution < -0.4 is 0 Å². The second-order valence-electron chi connectivity index (χ2n) is 9.65. The lowest BCUT2D eigenvalue weighted by Gasteiger charge is -2.32. The third-order valence-electron chi connectivity index (χ3n) is 6.92. The van der Waals surface area contributed by atoms with Gasteiger partial charge in [0.1, 0.15) is 6.17 Å². The van der Waals surface area contributed by atoms with Crippen LogP contribution in [-0.2, 0) is 0 Å². The number of hydrogen-bond donors (Lipinski definition) is 0. The highest BCUT2D eigenvalue weighted by Gasteiger charge is 2.23. The Kier molecular flexibility index (Phi) is 18.5. The van der Waals surface area contributed by atoms with E-state index in [0.717, 1.165) is 6.54 Å². The van der Waals surface area contributed by atoms with E-state index in [2.05, 4.69) is 43.0 Å². The van der Waals surface area contributed by atoms with Crippen molar-refractivity contribution in [3.8, 4) is 0 Å². The van der Waals surface area contributed by atoms with Crippen molar-refractivity contribution in [2.45, 2.75) is 155 Å². The minimum absolute atomic E-state index is 0.638. The summed E-state index contributed by atoms with van der Waals surface area (Å²) in [6.45, 7) is 9.28. The molecule has 1 rings (SSSR count). The fraction of sp³-hybridized carbons (Fsp3) is 0.929. The van der Waals surface area contributed by atoms with Gasteiger partial charge in [0.25, 0.3) is 0 Å². The van der Waals surface area contributed by atoms with Gasteiger partial charge in [-0.1, -0.05) is 123 Å². The summed E-state index contributed by atoms with van der Waals surface area (Å²) in [5, 5.41) is 0. The maximum atomic E-state index is 2.60. The van der Waals surface area contributed by atoms with Gasteiger partial charge < -0.3 is 9.80 Å². The maximum Gasteiger partial charge on any atom is 0.101 e. The average Bonchev–Trinajstić information content (AvgIpc) is 3.15. The summed E-state index contributed by atoms with van der Waals surface area (Å²) in [6, 6.07) is 0. The molecule has 0 aromatic heterocycles. The minimum atomic E-state index is 0.638. The largest absolute Gasteiger partial charge is 0.356 e. The molecule has 0 saturated carbocycles. The maximum absolute atomic E-state index is 2.60. The van der Waals surface area contributed by atoms with E-state index in [0.29, 0.717) is 6.17 Å². The Morgan fingerprint density at radius 2 is 0.867 bits per heavy atom. The summed E-state index contributed by atoms with van der Waals surface area (Å²) < 4.78 is 0. The Labute approximate surface area is 190 Å². The van der Waals surface area contributed by atoms with Crippen molar-refractivity contribution in [2.24, 2.45) is 0 Å². The molecule has 0 N–H and O–H groups in total. The SMILES string of the molecule is CCCCCCCCCCCCCCCCCCC1N(CC)C=CN1CCCCC. The van der Waals surface area contributed by atoms with Crippen molar-refractivity contribution in [2.75, 3.05) is 13.1 Å². The van der Waals surface area contributed by atoms with Gasteiger partial charge in [0.15, 0.2) is 0 Å². The van der Waals surface area contributed by atoms with Crippen LogP contribution in [0.2, 0.25) is 0 Å². The molecule has 0 radical (unpaired) electrons. The first kappa shape index (κ1) is 27.4. The van der Waals surface area contributed by atoms with Gasteiger partial charge in [-0.15, -0.1) is 0 Å². The van der Waals surface area contributed by atoms with Crippen molar-refractivity contribution in [1.82, 2.24) is 9.80 Å². The predicted octanol–water partition coefficient (Wildman–Crippen LogP) is 9.26. The van der Waals surface area contributed by atoms with Crippen LogP contribution in [-0.4, -0.2) is 29.1 Å². The summed E-state index contributed by atoms with van der Waals surface area (Å²) in [4.78, 5) is 5.14. The molecule has 0 saturated heterocycles. The fourth-order valence-electron chi connectivity index (χ4n) is 4.85. The quantitative estimate of drug-likeness (QED) is 0.161. The monoisotopic (exact) mass is 420 g/mol. The summed E-state index contributed by atoms with van der Waals surface area (Å²) in [5.74, 6) is 0. The number of rotatable bonds is 22. The Hall–Kier alpha value is -0.660. The molecule has 30 heavy (non-hydrogen) atoms. The van der Waals surface area contributed by atoms with Crippen molar-refractivity contribution < 1.29 is 0 Å². The Bertz CT molecular complexity index is 379. The molecule has 2 nitrogen and oxygen atoms in total. The van der Waals surface area contributed by atoms with Crippen molar-refractivity contribution >= 4 is 0 Å². The van der Waals surface area contributed by atoms with E-state index in [1.54, 1.807) is 0 Å². The lowest BCUT2D eigenvalue weighted by Crippen LogP contribution is -2.38. The van der Waals surface area contributed by atoms with E-state index in [-0.39, 0.29) is 0 Å². The molecule has 0 aliphatic carbocycles. The van der Waals surface area contributed by atoms with Gasteiger partial charge in [0.2, 0.25) is 0 Å². The predicted molar refractivity (Wildman–Crippen MR) is 136 cm³/mol. The number of hydrogen-bond acceptors (Lipinski definition) is 2. The Balaban J connectivity index is 1.89. The van der Waals surface area contributed by atoms with Crippen LogP contribution in [0.1, 0.15) is 149 Å². The zero-order valence-corrected chi connectivity index (χ0v) is 21.2. The third-order valence-corrected chi connectivity index (χ3v) is 6.92. The normalized spacial score (nSPS) is 16.2. The third kappa shape index (κ3) is 13.6. The lowest BCUT2D eigenvalue weighted by molar-refractivity contribution is 0.142. The van der Waals surface area contributed by atoms with Crippen molar-refractivity contribution in [1.29, 1.82) is 0 Å². The van der Waals surface area contributed by atoms with Gasteiger partial charge >= 0.3 is 0 Å². The van der Waals surface area contributed by atoms with Gasteiger partial charge in [-0.25, -0.2) is 0 Å². The van der Waals surface area contributed by atoms with Crippen LogP contribution >= 0.6 is 0 Å². The van der Waals surface area contributed by atoms with Crippen molar-refractivity contribution in [3.05, 3.63) is 12.4 Å². The minimum Gasteiger partial charge on any atom is -0.356 e. The molecule has 0 spiro atoms. The topological polar surface area (TPSA) is 6.48 Å². The standard InChI is InChI=1S/C28H56N2/c1-4-7-9-10-11-12-13-14-15-16-17-18-19-20-21-22-24-28-29(6-3)26-27-30(28)25-23-8-5-2/h26-28H,4-25H2,1-3H3. The summed E-state index contributed by atoms with van der Waals surface area (Å²) >= 11 is 0. The summed E-state index contributed by atoms with van der Waals surface area (Å²) in [6.07, 6.45) is 33.9. The van der Waals surface area contributed by atoms with E-state index in [1.165, 1.54) is 135 Å². The summed E-state index contributed by atoms with van der Waals surface area (Å²) in [5.41, 5.74) is 0. The van der Waals surface area contributed by atoms with Crippen molar-refractivity contribution in [3.63, 3.8) is 0 Å². The molecule has 1 aliphatic heterocycles. The van der Waals surface area contributed by atoms with Gasteiger partial charge in [0.05, 0.1) is 0 Å². The zero-order valence-electron chi connectivity index (χ0n) is 21.2. The molecule has 1 atom stereocenters. The van der Waals surface area contributed by atoms with Crippen LogP contribution in [0.4, 0.5) is 0 Å². The van der Waals surface area contributed by atoms with Gasteiger partial charge in [-0.05, 0) is 26.2 Å². The van der Waals surface area contributed by atoms with Crippen LogP contribution in [0.3, 0.4) is 0 Å². The molecule has 0 amide bonds. The summed E-state index contributed by atoms with van der Waals surface area (Å²) in [7, 11) is 0. The van der Waals surface area contributed by atoms with Crippen LogP contribution in [0.5, 0.6) is 0 Å². The van der Waals surface area contributed by atoms with Crippen LogP contribution in [0.25, 0.3) is 0 Å². The molecule has 1 heterocycles. The second-order valence-corrected chi connectivity index (χ2v) is 9.65. The molecular formula is C28H56N2. The van der Waals surface area contributed by atoms with E-state index in [4.69, 9.17) is 0 Å². The first-order chi connectivity index (χ1) is 14.8. The molecular weight excluding hydrogens is 364 g/mol. The smallest absolute Gasteiger partial charge is 0.101 e. The highest BCUT2D eigenvalue weighted by molar-refractivity contribution is 4.96. The van der Waals surface area contributed by atoms with Gasteiger partial charge in [0, 0.05) is 25.5 Å². The molecule has 1 aliphatic rings. The van der Waals surface area contributed by atoms with Gasteiger partial charge in [-0.2, -0.15) is 0 Å². The first-order valence-corrected chi connectivity index (χ1v) is 14.0.